The average Bonchev–Trinajstić information content (AvgIpc) is 3.28. The Labute approximate surface area is 122 Å². The number of nitrogens with one attached hydrogen (secondary N) is 1. The molecule has 1 aromatic rings. The van der Waals surface area contributed by atoms with Crippen LogP contribution >= 0.6 is 0 Å². The zero-order valence-electron chi connectivity index (χ0n) is 11.5. The van der Waals surface area contributed by atoms with Gasteiger partial charge in [0.15, 0.2) is 0 Å². The summed E-state index contributed by atoms with van der Waals surface area (Å²) in [6, 6.07) is 3.53. The SMILES string of the molecule is CNc1ccc([N+](=O)[O-])cc1S(=O)(=O)N(CCO)C1CC1. The lowest BCUT2D eigenvalue weighted by atomic mass is 10.3. The van der Waals surface area contributed by atoms with Gasteiger partial charge >= 0.3 is 0 Å². The van der Waals surface area contributed by atoms with Crippen LogP contribution in [0.3, 0.4) is 0 Å². The second-order valence-electron chi connectivity index (χ2n) is 4.76. The number of rotatable bonds is 7. The highest BCUT2D eigenvalue weighted by atomic mass is 32.2. The summed E-state index contributed by atoms with van der Waals surface area (Å²) in [6.07, 6.45) is 1.48. The second kappa shape index (κ2) is 5.96. The van der Waals surface area contributed by atoms with Crippen molar-refractivity contribution < 1.29 is 18.4 Å². The lowest BCUT2D eigenvalue weighted by molar-refractivity contribution is -0.385. The van der Waals surface area contributed by atoms with Crippen LogP contribution in [0.1, 0.15) is 12.8 Å². The Morgan fingerprint density at radius 1 is 1.48 bits per heavy atom. The normalized spacial score (nSPS) is 15.2. The molecule has 2 N–H and O–H groups in total. The molecule has 9 heteroatoms. The van der Waals surface area contributed by atoms with Crippen molar-refractivity contribution in [3.63, 3.8) is 0 Å². The Kier molecular flexibility index (Phi) is 4.45. The fraction of sp³-hybridized carbons (Fsp3) is 0.500. The first-order chi connectivity index (χ1) is 9.91. The van der Waals surface area contributed by atoms with Crippen LogP contribution in [0.4, 0.5) is 11.4 Å². The molecule has 1 aliphatic rings. The van der Waals surface area contributed by atoms with E-state index in [9.17, 15) is 18.5 Å². The van der Waals surface area contributed by atoms with Crippen LogP contribution in [0, 0.1) is 10.1 Å². The van der Waals surface area contributed by atoms with Crippen molar-refractivity contribution in [1.29, 1.82) is 0 Å². The summed E-state index contributed by atoms with van der Waals surface area (Å²) in [6.45, 7) is -0.307. The molecule has 0 amide bonds. The van der Waals surface area contributed by atoms with E-state index in [0.717, 1.165) is 18.9 Å². The summed E-state index contributed by atoms with van der Waals surface area (Å²) in [5.74, 6) is 0. The molecule has 0 aliphatic heterocycles. The van der Waals surface area contributed by atoms with E-state index in [1.54, 1.807) is 7.05 Å². The number of hydrogen-bond donors (Lipinski definition) is 2. The molecule has 0 aromatic heterocycles. The number of aliphatic hydroxyl groups is 1. The van der Waals surface area contributed by atoms with Gasteiger partial charge in [-0.05, 0) is 18.9 Å². The summed E-state index contributed by atoms with van der Waals surface area (Å²) in [5.41, 5.74) is 0.0107. The molecule has 0 bridgehead atoms. The van der Waals surface area contributed by atoms with E-state index in [0.29, 0.717) is 5.69 Å². The molecule has 0 atom stereocenters. The molecule has 0 radical (unpaired) electrons. The molecule has 8 nitrogen and oxygen atoms in total. The van der Waals surface area contributed by atoms with Gasteiger partial charge in [0.1, 0.15) is 4.90 Å². The monoisotopic (exact) mass is 315 g/mol. The highest BCUT2D eigenvalue weighted by Gasteiger charge is 2.39. The van der Waals surface area contributed by atoms with Crippen molar-refractivity contribution >= 4 is 21.4 Å². The smallest absolute Gasteiger partial charge is 0.270 e. The lowest BCUT2D eigenvalue weighted by Gasteiger charge is -2.22. The third-order valence-corrected chi connectivity index (χ3v) is 5.30. The molecule has 1 saturated carbocycles. The summed E-state index contributed by atoms with van der Waals surface area (Å²) < 4.78 is 26.6. The van der Waals surface area contributed by atoms with Gasteiger partial charge in [-0.25, -0.2) is 8.42 Å². The maximum atomic E-state index is 12.7. The Balaban J connectivity index is 2.51. The Bertz CT molecular complexity index is 642. The number of hydrogen-bond acceptors (Lipinski definition) is 6. The van der Waals surface area contributed by atoms with Gasteiger partial charge in [-0.1, -0.05) is 0 Å². The van der Waals surface area contributed by atoms with Crippen LogP contribution in [0.15, 0.2) is 23.1 Å². The third-order valence-electron chi connectivity index (χ3n) is 3.31. The van der Waals surface area contributed by atoms with Gasteiger partial charge in [0, 0.05) is 31.8 Å². The zero-order chi connectivity index (χ0) is 15.6. The largest absolute Gasteiger partial charge is 0.395 e. The van der Waals surface area contributed by atoms with Crippen molar-refractivity contribution in [2.45, 2.75) is 23.8 Å². The number of sulfonamides is 1. The van der Waals surface area contributed by atoms with E-state index in [2.05, 4.69) is 5.32 Å². The topological polar surface area (TPSA) is 113 Å². The van der Waals surface area contributed by atoms with Gasteiger partial charge in [0.25, 0.3) is 5.69 Å². The molecule has 1 aromatic carbocycles. The zero-order valence-corrected chi connectivity index (χ0v) is 12.3. The van der Waals surface area contributed by atoms with Crippen LogP contribution in [0.5, 0.6) is 0 Å². The molecule has 21 heavy (non-hydrogen) atoms. The van der Waals surface area contributed by atoms with Crippen LogP contribution in [-0.4, -0.2) is 49.0 Å². The molecule has 1 fully saturated rings. The highest BCUT2D eigenvalue weighted by Crippen LogP contribution is 2.35. The van der Waals surface area contributed by atoms with Crippen LogP contribution in [0.2, 0.25) is 0 Å². The van der Waals surface area contributed by atoms with E-state index >= 15 is 0 Å². The van der Waals surface area contributed by atoms with E-state index < -0.39 is 14.9 Å². The first kappa shape index (κ1) is 15.7. The van der Waals surface area contributed by atoms with Gasteiger partial charge < -0.3 is 10.4 Å². The van der Waals surface area contributed by atoms with Gasteiger partial charge in [-0.15, -0.1) is 0 Å². The van der Waals surface area contributed by atoms with E-state index in [4.69, 9.17) is 5.11 Å². The quantitative estimate of drug-likeness (QED) is 0.568. The predicted octanol–water partition coefficient (Wildman–Crippen LogP) is 0.782. The number of nitro groups is 1. The standard InChI is InChI=1S/C12H17N3O5S/c1-13-11-5-4-10(15(17)18)8-12(11)21(19,20)14(6-7-16)9-2-3-9/h4-5,8-9,13,16H,2-3,6-7H2,1H3. The molecular formula is C12H17N3O5S. The molecule has 0 saturated heterocycles. The van der Waals surface area contributed by atoms with Crippen molar-refractivity contribution in [2.75, 3.05) is 25.5 Å². The average molecular weight is 315 g/mol. The third kappa shape index (κ3) is 3.14. The van der Waals surface area contributed by atoms with Gasteiger partial charge in [-0.3, -0.25) is 10.1 Å². The minimum atomic E-state index is -3.89. The van der Waals surface area contributed by atoms with Crippen molar-refractivity contribution in [1.82, 2.24) is 4.31 Å². The van der Waals surface area contributed by atoms with Crippen LogP contribution in [-0.2, 0) is 10.0 Å². The Hall–Kier alpha value is -1.71. The van der Waals surface area contributed by atoms with E-state index in [1.807, 2.05) is 0 Å². The molecule has 0 unspecified atom stereocenters. The maximum Gasteiger partial charge on any atom is 0.270 e. The first-order valence-corrected chi connectivity index (χ1v) is 7.94. The lowest BCUT2D eigenvalue weighted by Crippen LogP contribution is -2.35. The number of non-ortho nitro benzene ring substituents is 1. The van der Waals surface area contributed by atoms with Crippen molar-refractivity contribution in [3.8, 4) is 0 Å². The van der Waals surface area contributed by atoms with Crippen LogP contribution < -0.4 is 5.32 Å². The molecule has 1 aliphatic carbocycles. The molecule has 2 rings (SSSR count). The number of benzene rings is 1. The molecular weight excluding hydrogens is 298 g/mol. The summed E-state index contributed by atoms with van der Waals surface area (Å²) >= 11 is 0. The minimum absolute atomic E-state index is 0.0150. The number of nitro benzene ring substituents is 1. The number of anilines is 1. The Morgan fingerprint density at radius 3 is 2.62 bits per heavy atom. The fourth-order valence-corrected chi connectivity index (χ4v) is 4.03. The predicted molar refractivity (Wildman–Crippen MR) is 76.6 cm³/mol. The molecule has 0 heterocycles. The first-order valence-electron chi connectivity index (χ1n) is 6.50. The number of aliphatic hydroxyl groups excluding tert-OH is 1. The second-order valence-corrected chi connectivity index (χ2v) is 6.62. The summed E-state index contributed by atoms with van der Waals surface area (Å²) in [4.78, 5) is 10.1. The highest BCUT2D eigenvalue weighted by molar-refractivity contribution is 7.89. The van der Waals surface area contributed by atoms with E-state index in [1.165, 1.54) is 16.4 Å². The van der Waals surface area contributed by atoms with Crippen LogP contribution in [0.25, 0.3) is 0 Å². The summed E-state index contributed by atoms with van der Waals surface area (Å²) in [7, 11) is -2.34. The molecule has 116 valence electrons. The fourth-order valence-electron chi connectivity index (χ4n) is 2.13. The number of nitrogens with zero attached hydrogens (tertiary/aromatic N) is 2. The molecule has 0 spiro atoms. The minimum Gasteiger partial charge on any atom is -0.395 e. The van der Waals surface area contributed by atoms with Gasteiger partial charge in [-0.2, -0.15) is 4.31 Å². The van der Waals surface area contributed by atoms with Crippen molar-refractivity contribution in [2.24, 2.45) is 0 Å². The van der Waals surface area contributed by atoms with Gasteiger partial charge in [0.2, 0.25) is 10.0 Å². The maximum absolute atomic E-state index is 12.7. The Morgan fingerprint density at radius 2 is 2.14 bits per heavy atom. The summed E-state index contributed by atoms with van der Waals surface area (Å²) in [5, 5.41) is 22.7. The van der Waals surface area contributed by atoms with E-state index in [-0.39, 0.29) is 29.8 Å². The van der Waals surface area contributed by atoms with Crippen molar-refractivity contribution in [3.05, 3.63) is 28.3 Å². The van der Waals surface area contributed by atoms with Gasteiger partial charge in [0.05, 0.1) is 17.2 Å².